The number of esters is 1. The molecule has 0 saturated carbocycles. The average molecular weight is 834 g/mol. The van der Waals surface area contributed by atoms with E-state index in [0.29, 0.717) is 18.3 Å². The van der Waals surface area contributed by atoms with Gasteiger partial charge in [-0.3, -0.25) is 19.2 Å². The highest BCUT2D eigenvalue weighted by molar-refractivity contribution is 5.86. The molecule has 3 aliphatic rings. The molecule has 0 radical (unpaired) electrons. The largest absolute Gasteiger partial charge is 0.481 e. The van der Waals surface area contributed by atoms with Gasteiger partial charge in [-0.25, -0.2) is 0 Å². The van der Waals surface area contributed by atoms with Crippen molar-refractivity contribution >= 4 is 23.9 Å². The SMILES string of the molecule is CCCCCCCCCC(OC(=O)CC(C(=O)O)C(CC(=O)O)C(=O)O)C(C1CC(C)(C)NC(C)(C)C1)C(CC1CC(C)(C)NC(C)(C)C1)C1CC(C)(C)NC(C)(C)C1. The highest BCUT2D eigenvalue weighted by Gasteiger charge is 2.52. The number of hydrogen-bond donors (Lipinski definition) is 6. The van der Waals surface area contributed by atoms with E-state index in [1.165, 1.54) is 19.3 Å². The molecule has 3 saturated heterocycles. The van der Waals surface area contributed by atoms with Gasteiger partial charge in [0, 0.05) is 39.2 Å². The monoisotopic (exact) mass is 834 g/mol. The van der Waals surface area contributed by atoms with E-state index in [1.807, 2.05) is 0 Å². The van der Waals surface area contributed by atoms with Crippen molar-refractivity contribution in [1.29, 1.82) is 0 Å². The van der Waals surface area contributed by atoms with Gasteiger partial charge in [-0.15, -0.1) is 0 Å². The van der Waals surface area contributed by atoms with Crippen LogP contribution in [-0.2, 0) is 23.9 Å². The number of carbonyl (C=O) groups is 4. The lowest BCUT2D eigenvalue weighted by Crippen LogP contribution is -2.62. The Morgan fingerprint density at radius 2 is 0.949 bits per heavy atom. The fraction of sp³-hybridized carbons (Fsp3) is 0.917. The molecule has 0 aromatic carbocycles. The van der Waals surface area contributed by atoms with Crippen molar-refractivity contribution in [3.63, 3.8) is 0 Å². The number of rotatable bonds is 22. The third-order valence-corrected chi connectivity index (χ3v) is 13.7. The summed E-state index contributed by atoms with van der Waals surface area (Å²) in [5.41, 5.74) is -0.718. The second kappa shape index (κ2) is 20.3. The lowest BCUT2D eigenvalue weighted by atomic mass is 9.57. The quantitative estimate of drug-likeness (QED) is 0.0453. The molecule has 3 fully saturated rings. The topological polar surface area (TPSA) is 174 Å². The molecule has 0 amide bonds. The van der Waals surface area contributed by atoms with Gasteiger partial charge in [-0.1, -0.05) is 45.4 Å². The van der Waals surface area contributed by atoms with Gasteiger partial charge in [0.25, 0.3) is 0 Å². The molecule has 3 aliphatic heterocycles. The smallest absolute Gasteiger partial charge is 0.307 e. The fourth-order valence-electron chi connectivity index (χ4n) is 13.1. The standard InChI is InChI=1S/C48H87N3O8/c1-14-15-16-17-18-19-20-21-37(59-39(54)24-36(42(57)58)35(41(55)56)23-38(52)53)40(33-29-47(10,11)51-48(12,13)30-33)34(32-27-45(6,7)50-46(8,9)28-32)22-31-25-43(2,3)49-44(4,5)26-31/h31-37,40,49-51H,14-30H2,1-13H3,(H,52,53)(H,55,56)(H,57,58). The molecule has 5 atom stereocenters. The zero-order valence-electron chi connectivity index (χ0n) is 39.5. The van der Waals surface area contributed by atoms with Crippen LogP contribution in [0.3, 0.4) is 0 Å². The summed E-state index contributed by atoms with van der Waals surface area (Å²) in [5.74, 6) is -7.64. The van der Waals surface area contributed by atoms with Gasteiger partial charge in [0.1, 0.15) is 6.10 Å². The fourth-order valence-corrected chi connectivity index (χ4v) is 13.1. The van der Waals surface area contributed by atoms with Crippen molar-refractivity contribution in [2.45, 2.75) is 239 Å². The Balaban J connectivity index is 2.23. The Morgan fingerprint density at radius 3 is 1.37 bits per heavy atom. The number of nitrogens with one attached hydrogen (secondary N) is 3. The van der Waals surface area contributed by atoms with Crippen molar-refractivity contribution in [2.75, 3.05) is 0 Å². The zero-order chi connectivity index (χ0) is 44.8. The van der Waals surface area contributed by atoms with Gasteiger partial charge >= 0.3 is 23.9 Å². The molecule has 0 aromatic rings. The third kappa shape index (κ3) is 16.5. The molecule has 0 aromatic heterocycles. The highest BCUT2D eigenvalue weighted by atomic mass is 16.5. The van der Waals surface area contributed by atoms with E-state index in [1.54, 1.807) is 0 Å². The van der Waals surface area contributed by atoms with Crippen LogP contribution in [0.4, 0.5) is 0 Å². The first-order chi connectivity index (χ1) is 26.9. The minimum atomic E-state index is -1.76. The van der Waals surface area contributed by atoms with Crippen LogP contribution in [0, 0.1) is 41.4 Å². The summed E-state index contributed by atoms with van der Waals surface area (Å²) in [6.45, 7) is 29.7. The van der Waals surface area contributed by atoms with Gasteiger partial charge in [-0.2, -0.15) is 0 Å². The maximum Gasteiger partial charge on any atom is 0.307 e. The first kappa shape index (κ1) is 51.1. The Hall–Kier alpha value is -2.24. The molecule has 0 aliphatic carbocycles. The first-order valence-corrected chi connectivity index (χ1v) is 23.2. The summed E-state index contributed by atoms with van der Waals surface area (Å²) >= 11 is 0. The predicted molar refractivity (Wildman–Crippen MR) is 235 cm³/mol. The van der Waals surface area contributed by atoms with E-state index < -0.39 is 54.7 Å². The summed E-state index contributed by atoms with van der Waals surface area (Å²) < 4.78 is 6.72. The van der Waals surface area contributed by atoms with E-state index in [0.717, 1.165) is 70.6 Å². The van der Waals surface area contributed by atoms with Crippen molar-refractivity contribution in [2.24, 2.45) is 41.4 Å². The Morgan fingerprint density at radius 1 is 0.559 bits per heavy atom. The molecule has 59 heavy (non-hydrogen) atoms. The van der Waals surface area contributed by atoms with Gasteiger partial charge < -0.3 is 36.0 Å². The molecule has 3 rings (SSSR count). The normalized spacial score (nSPS) is 25.2. The predicted octanol–water partition coefficient (Wildman–Crippen LogP) is 9.60. The van der Waals surface area contributed by atoms with E-state index in [4.69, 9.17) is 4.74 Å². The summed E-state index contributed by atoms with van der Waals surface area (Å²) in [6.07, 6.45) is 13.0. The van der Waals surface area contributed by atoms with Crippen molar-refractivity contribution in [3.05, 3.63) is 0 Å². The van der Waals surface area contributed by atoms with Crippen LogP contribution in [0.1, 0.15) is 199 Å². The minimum Gasteiger partial charge on any atom is -0.481 e. The van der Waals surface area contributed by atoms with Crippen LogP contribution in [0.15, 0.2) is 0 Å². The van der Waals surface area contributed by atoms with Crippen LogP contribution in [0.5, 0.6) is 0 Å². The van der Waals surface area contributed by atoms with Crippen LogP contribution in [0.25, 0.3) is 0 Å². The molecule has 3 heterocycles. The molecular weight excluding hydrogens is 747 g/mol. The van der Waals surface area contributed by atoms with Crippen LogP contribution in [0.2, 0.25) is 0 Å². The lowest BCUT2D eigenvalue weighted by Gasteiger charge is -2.56. The Bertz CT molecular complexity index is 1370. The molecule has 342 valence electrons. The summed E-state index contributed by atoms with van der Waals surface area (Å²) in [5, 5.41) is 41.4. The van der Waals surface area contributed by atoms with Gasteiger partial charge in [0.15, 0.2) is 0 Å². The molecular formula is C48H87N3O8. The molecule has 0 spiro atoms. The average Bonchev–Trinajstić information content (AvgIpc) is 3.00. The molecule has 11 nitrogen and oxygen atoms in total. The number of ether oxygens (including phenoxy) is 1. The number of hydrogen-bond acceptors (Lipinski definition) is 8. The highest BCUT2D eigenvalue weighted by Crippen LogP contribution is 2.52. The van der Waals surface area contributed by atoms with Crippen LogP contribution < -0.4 is 16.0 Å². The van der Waals surface area contributed by atoms with Crippen LogP contribution >= 0.6 is 0 Å². The summed E-state index contributed by atoms with van der Waals surface area (Å²) in [7, 11) is 0. The number of carboxylic acid groups (broad SMARTS) is 3. The van der Waals surface area contributed by atoms with Gasteiger partial charge in [-0.05, 0) is 165 Å². The third-order valence-electron chi connectivity index (χ3n) is 13.7. The van der Waals surface area contributed by atoms with Gasteiger partial charge in [0.05, 0.1) is 24.7 Å². The maximum absolute atomic E-state index is 14.3. The second-order valence-electron chi connectivity index (χ2n) is 23.4. The van der Waals surface area contributed by atoms with E-state index in [2.05, 4.69) is 106 Å². The van der Waals surface area contributed by atoms with Gasteiger partial charge in [0.2, 0.25) is 0 Å². The van der Waals surface area contributed by atoms with E-state index in [9.17, 15) is 34.5 Å². The zero-order valence-corrected chi connectivity index (χ0v) is 39.5. The molecule has 5 unspecified atom stereocenters. The van der Waals surface area contributed by atoms with Crippen molar-refractivity contribution in [1.82, 2.24) is 16.0 Å². The van der Waals surface area contributed by atoms with Crippen molar-refractivity contribution < 1.29 is 39.2 Å². The Labute approximate surface area is 358 Å². The summed E-state index contributed by atoms with van der Waals surface area (Å²) in [4.78, 5) is 50.8. The number of piperidine rings is 3. The number of unbranched alkanes of at least 4 members (excludes halogenated alkanes) is 6. The Kier molecular flexibility index (Phi) is 17.6. The molecule has 0 bridgehead atoms. The van der Waals surface area contributed by atoms with Crippen molar-refractivity contribution in [3.8, 4) is 0 Å². The van der Waals surface area contributed by atoms with E-state index in [-0.39, 0.29) is 51.0 Å². The summed E-state index contributed by atoms with van der Waals surface area (Å²) in [6, 6.07) is 0. The number of aliphatic carboxylic acids is 3. The van der Waals surface area contributed by atoms with E-state index >= 15 is 0 Å². The number of carbonyl (C=O) groups excluding carboxylic acids is 1. The maximum atomic E-state index is 14.3. The first-order valence-electron chi connectivity index (χ1n) is 23.2. The molecule has 11 heteroatoms. The second-order valence-corrected chi connectivity index (χ2v) is 23.4. The minimum absolute atomic E-state index is 0.0342. The molecule has 6 N–H and O–H groups in total. The lowest BCUT2D eigenvalue weighted by molar-refractivity contribution is -0.167. The van der Waals surface area contributed by atoms with Crippen LogP contribution in [-0.4, -0.2) is 78.5 Å². The number of carboxylic acids is 3.